The molecule has 2 heteroatoms. The van der Waals surface area contributed by atoms with E-state index in [0.29, 0.717) is 18.5 Å². The summed E-state index contributed by atoms with van der Waals surface area (Å²) in [6.07, 6.45) is 0.637. The lowest BCUT2D eigenvalue weighted by Crippen LogP contribution is -2.33. The Morgan fingerprint density at radius 1 is 1.40 bits per heavy atom. The summed E-state index contributed by atoms with van der Waals surface area (Å²) in [5, 5.41) is 3.25. The Kier molecular flexibility index (Phi) is 4.28. The Bertz CT molecular complexity index is 110. The van der Waals surface area contributed by atoms with E-state index in [9.17, 15) is 4.79 Å². The molecule has 0 fully saturated rings. The van der Waals surface area contributed by atoms with Crippen LogP contribution in [0.2, 0.25) is 0 Å². The maximum absolute atomic E-state index is 10.6. The summed E-state index contributed by atoms with van der Waals surface area (Å²) in [7, 11) is 0. The molecule has 2 nitrogen and oxygen atoms in total. The van der Waals surface area contributed by atoms with Gasteiger partial charge in [-0.1, -0.05) is 13.8 Å². The van der Waals surface area contributed by atoms with Crippen molar-refractivity contribution in [1.82, 2.24) is 5.32 Å². The van der Waals surface area contributed by atoms with Gasteiger partial charge in [0.25, 0.3) is 0 Å². The minimum atomic E-state index is 0.251. The molecule has 1 N–H and O–H groups in total. The van der Waals surface area contributed by atoms with Gasteiger partial charge < -0.3 is 5.32 Å². The number of ketones is 1. The summed E-state index contributed by atoms with van der Waals surface area (Å²) in [4.78, 5) is 10.6. The van der Waals surface area contributed by atoms with E-state index in [1.165, 1.54) is 0 Å². The van der Waals surface area contributed by atoms with E-state index in [4.69, 9.17) is 0 Å². The van der Waals surface area contributed by atoms with E-state index in [1.54, 1.807) is 6.92 Å². The van der Waals surface area contributed by atoms with Gasteiger partial charge in [-0.15, -0.1) is 0 Å². The van der Waals surface area contributed by atoms with Crippen molar-refractivity contribution in [3.63, 3.8) is 0 Å². The van der Waals surface area contributed by atoms with Crippen LogP contribution in [0.25, 0.3) is 0 Å². The highest BCUT2D eigenvalue weighted by atomic mass is 16.1. The monoisotopic (exact) mass is 143 g/mol. The Morgan fingerprint density at radius 3 is 2.20 bits per heavy atom. The third kappa shape index (κ3) is 5.76. The third-order valence-electron chi connectivity index (χ3n) is 1.21. The van der Waals surface area contributed by atoms with Gasteiger partial charge in [0.1, 0.15) is 5.78 Å². The maximum Gasteiger partial charge on any atom is 0.131 e. The number of hydrogen-bond acceptors (Lipinski definition) is 2. The van der Waals surface area contributed by atoms with Gasteiger partial charge in [0.2, 0.25) is 0 Å². The van der Waals surface area contributed by atoms with Crippen molar-refractivity contribution in [2.45, 2.75) is 46.2 Å². The van der Waals surface area contributed by atoms with Gasteiger partial charge >= 0.3 is 0 Å². The number of carbonyl (C=O) groups excluding carboxylic acids is 1. The van der Waals surface area contributed by atoms with Crippen molar-refractivity contribution in [3.05, 3.63) is 0 Å². The highest BCUT2D eigenvalue weighted by Crippen LogP contribution is 1.92. The topological polar surface area (TPSA) is 29.1 Å². The molecular weight excluding hydrogens is 126 g/mol. The first-order chi connectivity index (χ1) is 4.52. The van der Waals surface area contributed by atoms with Crippen LogP contribution in [0.15, 0.2) is 0 Å². The molecule has 0 saturated heterocycles. The molecule has 0 aromatic heterocycles. The lowest BCUT2D eigenvalue weighted by Gasteiger charge is -2.14. The van der Waals surface area contributed by atoms with Crippen LogP contribution in [0.4, 0.5) is 0 Å². The zero-order chi connectivity index (χ0) is 8.15. The first kappa shape index (κ1) is 9.63. The Hall–Kier alpha value is -0.370. The molecule has 0 saturated carbocycles. The molecule has 10 heavy (non-hydrogen) atoms. The van der Waals surface area contributed by atoms with Gasteiger partial charge in [-0.05, 0) is 13.8 Å². The SMILES string of the molecule is CC(=O)C[C@H](C)NC(C)C. The van der Waals surface area contributed by atoms with Crippen LogP contribution in [0.3, 0.4) is 0 Å². The second kappa shape index (κ2) is 4.45. The van der Waals surface area contributed by atoms with E-state index in [1.807, 2.05) is 6.92 Å². The summed E-state index contributed by atoms with van der Waals surface area (Å²) in [5.74, 6) is 0.251. The summed E-state index contributed by atoms with van der Waals surface area (Å²) < 4.78 is 0. The fourth-order valence-electron chi connectivity index (χ4n) is 1.06. The quantitative estimate of drug-likeness (QED) is 0.643. The molecule has 0 spiro atoms. The van der Waals surface area contributed by atoms with Crippen LogP contribution in [0, 0.1) is 0 Å². The zero-order valence-electron chi connectivity index (χ0n) is 7.27. The molecular formula is C8H17NO. The van der Waals surface area contributed by atoms with E-state index in [0.717, 1.165) is 0 Å². The standard InChI is InChI=1S/C8H17NO/c1-6(2)9-7(3)5-8(4)10/h6-7,9H,5H2,1-4H3/t7-/m0/s1. The lowest BCUT2D eigenvalue weighted by atomic mass is 10.1. The van der Waals surface area contributed by atoms with Crippen molar-refractivity contribution in [3.8, 4) is 0 Å². The van der Waals surface area contributed by atoms with E-state index >= 15 is 0 Å². The average Bonchev–Trinajstić information content (AvgIpc) is 1.58. The van der Waals surface area contributed by atoms with Gasteiger partial charge in [0.05, 0.1) is 0 Å². The summed E-state index contributed by atoms with van der Waals surface area (Å²) in [6.45, 7) is 7.81. The molecule has 0 unspecified atom stereocenters. The smallest absolute Gasteiger partial charge is 0.131 e. The second-order valence-electron chi connectivity index (χ2n) is 3.13. The molecule has 60 valence electrons. The lowest BCUT2D eigenvalue weighted by molar-refractivity contribution is -0.117. The zero-order valence-corrected chi connectivity index (χ0v) is 7.27. The number of Topliss-reactive ketones (excluding diaryl/α,β-unsaturated/α-hetero) is 1. The Morgan fingerprint density at radius 2 is 1.90 bits per heavy atom. The summed E-state index contributed by atoms with van der Waals surface area (Å²) >= 11 is 0. The largest absolute Gasteiger partial charge is 0.312 e. The van der Waals surface area contributed by atoms with Gasteiger partial charge in [0.15, 0.2) is 0 Å². The van der Waals surface area contributed by atoms with Gasteiger partial charge in [0, 0.05) is 18.5 Å². The number of rotatable bonds is 4. The fraction of sp³-hybridized carbons (Fsp3) is 0.875. The summed E-state index contributed by atoms with van der Waals surface area (Å²) in [6, 6.07) is 0.784. The fourth-order valence-corrected chi connectivity index (χ4v) is 1.06. The predicted molar refractivity (Wildman–Crippen MR) is 43.0 cm³/mol. The molecule has 0 heterocycles. The molecule has 0 aromatic carbocycles. The molecule has 0 aliphatic carbocycles. The van der Waals surface area contributed by atoms with Crippen molar-refractivity contribution in [2.24, 2.45) is 0 Å². The van der Waals surface area contributed by atoms with Crippen LogP contribution in [0.1, 0.15) is 34.1 Å². The molecule has 0 aliphatic rings. The van der Waals surface area contributed by atoms with Crippen LogP contribution in [-0.2, 0) is 4.79 Å². The van der Waals surface area contributed by atoms with Crippen molar-refractivity contribution in [1.29, 1.82) is 0 Å². The molecule has 0 amide bonds. The highest BCUT2D eigenvalue weighted by molar-refractivity contribution is 5.76. The predicted octanol–water partition coefficient (Wildman–Crippen LogP) is 1.35. The number of carbonyl (C=O) groups is 1. The van der Waals surface area contributed by atoms with Crippen LogP contribution < -0.4 is 5.32 Å². The van der Waals surface area contributed by atoms with Gasteiger partial charge in [-0.3, -0.25) is 4.79 Å². The van der Waals surface area contributed by atoms with E-state index < -0.39 is 0 Å². The summed E-state index contributed by atoms with van der Waals surface area (Å²) in [5.41, 5.74) is 0. The van der Waals surface area contributed by atoms with Gasteiger partial charge in [-0.2, -0.15) is 0 Å². The third-order valence-corrected chi connectivity index (χ3v) is 1.21. The molecule has 1 atom stereocenters. The Balaban J connectivity index is 3.43. The molecule has 0 radical (unpaired) electrons. The van der Waals surface area contributed by atoms with Crippen molar-refractivity contribution < 1.29 is 4.79 Å². The van der Waals surface area contributed by atoms with Crippen LogP contribution in [0.5, 0.6) is 0 Å². The number of hydrogen-bond donors (Lipinski definition) is 1. The molecule has 0 bridgehead atoms. The first-order valence-corrected chi connectivity index (χ1v) is 3.78. The highest BCUT2D eigenvalue weighted by Gasteiger charge is 2.04. The van der Waals surface area contributed by atoms with E-state index in [-0.39, 0.29) is 5.78 Å². The van der Waals surface area contributed by atoms with Crippen molar-refractivity contribution >= 4 is 5.78 Å². The van der Waals surface area contributed by atoms with Gasteiger partial charge in [-0.25, -0.2) is 0 Å². The number of nitrogens with one attached hydrogen (secondary N) is 1. The molecule has 0 aromatic rings. The second-order valence-corrected chi connectivity index (χ2v) is 3.13. The molecule has 0 rings (SSSR count). The first-order valence-electron chi connectivity index (χ1n) is 3.78. The average molecular weight is 143 g/mol. The van der Waals surface area contributed by atoms with E-state index in [2.05, 4.69) is 19.2 Å². The normalized spacial score (nSPS) is 13.7. The minimum absolute atomic E-state index is 0.251. The Labute approximate surface area is 63.0 Å². The van der Waals surface area contributed by atoms with Crippen molar-refractivity contribution in [2.75, 3.05) is 0 Å². The maximum atomic E-state index is 10.6. The molecule has 0 aliphatic heterocycles. The van der Waals surface area contributed by atoms with Crippen LogP contribution >= 0.6 is 0 Å². The van der Waals surface area contributed by atoms with Crippen LogP contribution in [-0.4, -0.2) is 17.9 Å². The minimum Gasteiger partial charge on any atom is -0.312 e.